The van der Waals surface area contributed by atoms with Crippen molar-refractivity contribution < 1.29 is 31.1 Å². The number of nitrogens with one attached hydrogen (secondary N) is 1. The van der Waals surface area contributed by atoms with Gasteiger partial charge in [-0.15, -0.1) is 13.2 Å². The molecule has 0 atom stereocenters. The van der Waals surface area contributed by atoms with Crippen LogP contribution in [-0.4, -0.2) is 38.1 Å². The van der Waals surface area contributed by atoms with Crippen LogP contribution in [0.15, 0.2) is 47.4 Å². The van der Waals surface area contributed by atoms with Crippen molar-refractivity contribution in [3.05, 3.63) is 53.1 Å². The monoisotopic (exact) mass is 450 g/mol. The molecule has 0 unspecified atom stereocenters. The Morgan fingerprint density at radius 2 is 1.83 bits per heavy atom. The Morgan fingerprint density at radius 1 is 1.17 bits per heavy atom. The number of nitrogens with zero attached hydrogens (tertiary/aromatic N) is 1. The summed E-state index contributed by atoms with van der Waals surface area (Å²) in [5.74, 6) is -1.31. The SMILES string of the molecule is CC(C)N(C)S(=O)(=O)c1ccc(Cl)c(C(=O)Nc2cccc(OC(F)(F)F)c2)c1. The van der Waals surface area contributed by atoms with Crippen molar-refractivity contribution in [1.29, 1.82) is 0 Å². The van der Waals surface area contributed by atoms with Gasteiger partial charge in [0.2, 0.25) is 10.0 Å². The normalized spacial score (nSPS) is 12.3. The van der Waals surface area contributed by atoms with E-state index >= 15 is 0 Å². The molecular formula is C18H18ClF3N2O4S. The first kappa shape index (κ1) is 23.0. The molecule has 1 amide bonds. The largest absolute Gasteiger partial charge is 0.573 e. The summed E-state index contributed by atoms with van der Waals surface area (Å²) in [6, 6.07) is 7.99. The average Bonchev–Trinajstić information content (AvgIpc) is 2.59. The van der Waals surface area contributed by atoms with Crippen molar-refractivity contribution in [2.75, 3.05) is 12.4 Å². The number of hydrogen-bond acceptors (Lipinski definition) is 4. The van der Waals surface area contributed by atoms with Crippen LogP contribution in [0.5, 0.6) is 5.75 Å². The minimum atomic E-state index is -4.88. The second-order valence-corrected chi connectivity index (χ2v) is 8.69. The van der Waals surface area contributed by atoms with E-state index in [1.54, 1.807) is 13.8 Å². The van der Waals surface area contributed by atoms with Crippen LogP contribution in [0.2, 0.25) is 5.02 Å². The van der Waals surface area contributed by atoms with Gasteiger partial charge in [0.05, 0.1) is 15.5 Å². The zero-order valence-electron chi connectivity index (χ0n) is 15.6. The number of anilines is 1. The lowest BCUT2D eigenvalue weighted by Gasteiger charge is -2.21. The van der Waals surface area contributed by atoms with Crippen molar-refractivity contribution in [1.82, 2.24) is 4.31 Å². The maximum absolute atomic E-state index is 12.6. The standard InChI is InChI=1S/C18H18ClF3N2O4S/c1-11(2)24(3)29(26,27)14-7-8-16(19)15(10-14)17(25)23-12-5-4-6-13(9-12)28-18(20,21)22/h4-11H,1-3H3,(H,23,25). The molecule has 0 spiro atoms. The Kier molecular flexibility index (Phi) is 6.82. The summed E-state index contributed by atoms with van der Waals surface area (Å²) >= 11 is 6.03. The second-order valence-electron chi connectivity index (χ2n) is 6.29. The van der Waals surface area contributed by atoms with Crippen molar-refractivity contribution in [3.63, 3.8) is 0 Å². The summed E-state index contributed by atoms with van der Waals surface area (Å²) in [4.78, 5) is 12.4. The number of carbonyl (C=O) groups excluding carboxylic acids is 1. The van der Waals surface area contributed by atoms with E-state index < -0.39 is 28.0 Å². The van der Waals surface area contributed by atoms with Crippen molar-refractivity contribution in [2.24, 2.45) is 0 Å². The first-order chi connectivity index (χ1) is 13.3. The lowest BCUT2D eigenvalue weighted by molar-refractivity contribution is -0.274. The zero-order valence-corrected chi connectivity index (χ0v) is 17.2. The Balaban J connectivity index is 2.32. The third-order valence-electron chi connectivity index (χ3n) is 3.91. The molecule has 1 N–H and O–H groups in total. The van der Waals surface area contributed by atoms with Crippen LogP contribution in [0.25, 0.3) is 0 Å². The first-order valence-electron chi connectivity index (χ1n) is 8.26. The molecule has 2 rings (SSSR count). The van der Waals surface area contributed by atoms with Crippen LogP contribution < -0.4 is 10.1 Å². The quantitative estimate of drug-likeness (QED) is 0.702. The molecule has 11 heteroatoms. The van der Waals surface area contributed by atoms with Gasteiger partial charge in [0.1, 0.15) is 5.75 Å². The van der Waals surface area contributed by atoms with E-state index in [2.05, 4.69) is 10.1 Å². The smallest absolute Gasteiger partial charge is 0.406 e. The molecule has 6 nitrogen and oxygen atoms in total. The topological polar surface area (TPSA) is 75.7 Å². The predicted molar refractivity (Wildman–Crippen MR) is 103 cm³/mol. The Bertz CT molecular complexity index is 1010. The predicted octanol–water partition coefficient (Wildman–Crippen LogP) is 4.52. The number of ether oxygens (including phenoxy) is 1. The van der Waals surface area contributed by atoms with Gasteiger partial charge in [-0.25, -0.2) is 8.42 Å². The highest BCUT2D eigenvalue weighted by Crippen LogP contribution is 2.27. The molecule has 2 aromatic rings. The van der Waals surface area contributed by atoms with Crippen LogP contribution in [0.3, 0.4) is 0 Å². The van der Waals surface area contributed by atoms with Gasteiger partial charge in [-0.2, -0.15) is 4.31 Å². The van der Waals surface area contributed by atoms with Crippen LogP contribution in [0.1, 0.15) is 24.2 Å². The number of halogens is 4. The minimum absolute atomic E-state index is 0.0142. The lowest BCUT2D eigenvalue weighted by atomic mass is 10.2. The summed E-state index contributed by atoms with van der Waals surface area (Å²) in [7, 11) is -2.46. The van der Waals surface area contributed by atoms with Crippen molar-refractivity contribution in [2.45, 2.75) is 31.1 Å². The number of sulfonamides is 1. The van der Waals surface area contributed by atoms with Crippen LogP contribution in [0.4, 0.5) is 18.9 Å². The average molecular weight is 451 g/mol. The molecule has 0 saturated carbocycles. The Morgan fingerprint density at radius 3 is 2.41 bits per heavy atom. The molecule has 29 heavy (non-hydrogen) atoms. The minimum Gasteiger partial charge on any atom is -0.406 e. The molecule has 0 aromatic heterocycles. The molecule has 158 valence electrons. The summed E-state index contributed by atoms with van der Waals surface area (Å²) in [6.07, 6.45) is -4.88. The summed E-state index contributed by atoms with van der Waals surface area (Å²) in [5, 5.41) is 2.36. The van der Waals surface area contributed by atoms with Gasteiger partial charge >= 0.3 is 6.36 Å². The zero-order chi connectivity index (χ0) is 22.0. The van der Waals surface area contributed by atoms with Gasteiger partial charge in [0, 0.05) is 24.8 Å². The molecule has 0 fully saturated rings. The Hall–Kier alpha value is -2.30. The van der Waals surface area contributed by atoms with Gasteiger partial charge in [-0.05, 0) is 44.2 Å². The molecule has 0 bridgehead atoms. The van der Waals surface area contributed by atoms with E-state index in [0.29, 0.717) is 0 Å². The number of carbonyl (C=O) groups is 1. The van der Waals surface area contributed by atoms with Crippen LogP contribution in [-0.2, 0) is 10.0 Å². The van der Waals surface area contributed by atoms with Gasteiger partial charge < -0.3 is 10.1 Å². The van der Waals surface area contributed by atoms with E-state index in [4.69, 9.17) is 11.6 Å². The van der Waals surface area contributed by atoms with Gasteiger partial charge in [-0.1, -0.05) is 17.7 Å². The van der Waals surface area contributed by atoms with E-state index in [1.807, 2.05) is 0 Å². The molecule has 0 heterocycles. The van der Waals surface area contributed by atoms with E-state index in [-0.39, 0.29) is 27.2 Å². The summed E-state index contributed by atoms with van der Waals surface area (Å²) in [6.45, 7) is 3.38. The molecule has 0 saturated heterocycles. The number of hydrogen-bond donors (Lipinski definition) is 1. The highest BCUT2D eigenvalue weighted by atomic mass is 35.5. The van der Waals surface area contributed by atoms with E-state index in [0.717, 1.165) is 22.5 Å². The lowest BCUT2D eigenvalue weighted by Crippen LogP contribution is -2.33. The summed E-state index contributed by atoms with van der Waals surface area (Å²) < 4.78 is 67.2. The fourth-order valence-electron chi connectivity index (χ4n) is 2.25. The fraction of sp³-hybridized carbons (Fsp3) is 0.278. The number of alkyl halides is 3. The molecule has 0 aliphatic carbocycles. The van der Waals surface area contributed by atoms with E-state index in [1.165, 1.54) is 31.3 Å². The second kappa shape index (κ2) is 8.60. The first-order valence-corrected chi connectivity index (χ1v) is 10.1. The third kappa shape index (κ3) is 5.84. The maximum Gasteiger partial charge on any atom is 0.573 e. The van der Waals surface area contributed by atoms with Crippen molar-refractivity contribution >= 4 is 33.2 Å². The highest BCUT2D eigenvalue weighted by molar-refractivity contribution is 7.89. The van der Waals surface area contributed by atoms with Crippen molar-refractivity contribution in [3.8, 4) is 5.75 Å². The van der Waals surface area contributed by atoms with Gasteiger partial charge in [-0.3, -0.25) is 4.79 Å². The van der Waals surface area contributed by atoms with Crippen LogP contribution in [0, 0.1) is 0 Å². The van der Waals surface area contributed by atoms with Gasteiger partial charge in [0.25, 0.3) is 5.91 Å². The number of rotatable bonds is 6. The van der Waals surface area contributed by atoms with Gasteiger partial charge in [0.15, 0.2) is 0 Å². The molecular weight excluding hydrogens is 433 g/mol. The molecule has 0 radical (unpaired) electrons. The third-order valence-corrected chi connectivity index (χ3v) is 6.27. The molecule has 0 aliphatic rings. The highest BCUT2D eigenvalue weighted by Gasteiger charge is 2.31. The summed E-state index contributed by atoms with van der Waals surface area (Å²) in [5.41, 5.74) is -0.132. The maximum atomic E-state index is 12.6. The van der Waals surface area contributed by atoms with Crippen LogP contribution >= 0.6 is 11.6 Å². The fourth-order valence-corrected chi connectivity index (χ4v) is 3.85. The van der Waals surface area contributed by atoms with E-state index in [9.17, 15) is 26.4 Å². The molecule has 0 aliphatic heterocycles. The number of benzene rings is 2. The Labute approximate surface area is 171 Å². The number of amides is 1. The molecule has 2 aromatic carbocycles.